The molecule has 0 radical (unpaired) electrons. The number of nitrogens with zero attached hydrogens (tertiary/aromatic N) is 2. The molecule has 2 rings (SSSR count). The van der Waals surface area contributed by atoms with Crippen LogP contribution in [0.25, 0.3) is 0 Å². The molecule has 0 atom stereocenters. The Morgan fingerprint density at radius 3 is 3.13 bits per heavy atom. The molecule has 0 spiro atoms. The van der Waals surface area contributed by atoms with E-state index in [1.54, 1.807) is 10.9 Å². The van der Waals surface area contributed by atoms with E-state index < -0.39 is 0 Å². The molecular weight excluding hydrogens is 258 g/mol. The maximum Gasteiger partial charge on any atom is 0.267 e. The summed E-state index contributed by atoms with van der Waals surface area (Å²) in [5.74, 6) is 0.877. The highest BCUT2D eigenvalue weighted by Crippen LogP contribution is 2.27. The summed E-state index contributed by atoms with van der Waals surface area (Å²) >= 11 is 3.17. The standard InChI is InChI=1S/C10H14BrN3O/c11-9-6-13-7-14(10(9)15)4-3-12-5-8-1-2-8/h6-8,12H,1-5H2. The van der Waals surface area contributed by atoms with E-state index in [1.165, 1.54) is 19.0 Å². The molecule has 0 unspecified atom stereocenters. The fraction of sp³-hybridized carbons (Fsp3) is 0.600. The van der Waals surface area contributed by atoms with Crippen molar-refractivity contribution in [2.24, 2.45) is 5.92 Å². The fourth-order valence-corrected chi connectivity index (χ4v) is 1.76. The van der Waals surface area contributed by atoms with Crippen LogP contribution in [0.15, 0.2) is 21.8 Å². The van der Waals surface area contributed by atoms with Gasteiger partial charge in [-0.25, -0.2) is 4.98 Å². The number of nitrogens with one attached hydrogen (secondary N) is 1. The van der Waals surface area contributed by atoms with Crippen LogP contribution in [0.5, 0.6) is 0 Å². The molecule has 0 bridgehead atoms. The van der Waals surface area contributed by atoms with Crippen molar-refractivity contribution in [3.63, 3.8) is 0 Å². The third-order valence-electron chi connectivity index (χ3n) is 2.52. The molecule has 1 saturated carbocycles. The average molecular weight is 272 g/mol. The molecule has 1 aliphatic carbocycles. The summed E-state index contributed by atoms with van der Waals surface area (Å²) in [6, 6.07) is 0. The molecule has 1 N–H and O–H groups in total. The highest BCUT2D eigenvalue weighted by Gasteiger charge is 2.19. The van der Waals surface area contributed by atoms with E-state index in [9.17, 15) is 4.79 Å². The van der Waals surface area contributed by atoms with Gasteiger partial charge in [-0.2, -0.15) is 0 Å². The summed E-state index contributed by atoms with van der Waals surface area (Å²) in [6.45, 7) is 2.59. The summed E-state index contributed by atoms with van der Waals surface area (Å²) in [6.07, 6.45) is 5.80. The van der Waals surface area contributed by atoms with Crippen LogP contribution in [0, 0.1) is 5.92 Å². The van der Waals surface area contributed by atoms with Crippen molar-refractivity contribution in [3.8, 4) is 0 Å². The van der Waals surface area contributed by atoms with Gasteiger partial charge in [0, 0.05) is 19.3 Å². The lowest BCUT2D eigenvalue weighted by Gasteiger charge is -2.06. The van der Waals surface area contributed by atoms with Gasteiger partial charge in [0.05, 0.1) is 6.33 Å². The van der Waals surface area contributed by atoms with Crippen LogP contribution in [0.2, 0.25) is 0 Å². The molecule has 1 aliphatic rings. The molecule has 82 valence electrons. The monoisotopic (exact) mass is 271 g/mol. The first-order valence-corrected chi connectivity index (χ1v) is 5.97. The zero-order chi connectivity index (χ0) is 10.7. The quantitative estimate of drug-likeness (QED) is 0.814. The fourth-order valence-electron chi connectivity index (χ4n) is 1.41. The summed E-state index contributed by atoms with van der Waals surface area (Å²) < 4.78 is 2.14. The second-order valence-corrected chi connectivity index (χ2v) is 4.74. The third-order valence-corrected chi connectivity index (χ3v) is 3.06. The molecular formula is C10H14BrN3O. The van der Waals surface area contributed by atoms with Crippen LogP contribution in [0.1, 0.15) is 12.8 Å². The van der Waals surface area contributed by atoms with E-state index in [0.29, 0.717) is 11.0 Å². The summed E-state index contributed by atoms with van der Waals surface area (Å²) in [7, 11) is 0. The predicted octanol–water partition coefficient (Wildman–Crippen LogP) is 1.01. The summed E-state index contributed by atoms with van der Waals surface area (Å²) in [5, 5.41) is 3.34. The van der Waals surface area contributed by atoms with Crippen molar-refractivity contribution in [2.75, 3.05) is 13.1 Å². The minimum atomic E-state index is -0.0155. The lowest BCUT2D eigenvalue weighted by molar-refractivity contribution is 0.560. The topological polar surface area (TPSA) is 46.9 Å². The maximum absolute atomic E-state index is 11.6. The molecule has 0 aliphatic heterocycles. The highest BCUT2D eigenvalue weighted by atomic mass is 79.9. The van der Waals surface area contributed by atoms with Crippen LogP contribution in [-0.4, -0.2) is 22.6 Å². The van der Waals surface area contributed by atoms with Crippen molar-refractivity contribution in [1.82, 2.24) is 14.9 Å². The smallest absolute Gasteiger partial charge is 0.267 e. The molecule has 1 aromatic rings. The largest absolute Gasteiger partial charge is 0.315 e. The van der Waals surface area contributed by atoms with Crippen LogP contribution in [0.4, 0.5) is 0 Å². The Balaban J connectivity index is 1.81. The van der Waals surface area contributed by atoms with Gasteiger partial charge < -0.3 is 5.32 Å². The van der Waals surface area contributed by atoms with Gasteiger partial charge in [-0.1, -0.05) is 0 Å². The van der Waals surface area contributed by atoms with Crippen LogP contribution >= 0.6 is 15.9 Å². The molecule has 1 heterocycles. The Kier molecular flexibility index (Phi) is 3.53. The van der Waals surface area contributed by atoms with E-state index in [-0.39, 0.29) is 5.56 Å². The first-order chi connectivity index (χ1) is 7.27. The van der Waals surface area contributed by atoms with Gasteiger partial charge in [-0.15, -0.1) is 0 Å². The molecule has 4 nitrogen and oxygen atoms in total. The zero-order valence-corrected chi connectivity index (χ0v) is 10.0. The zero-order valence-electron chi connectivity index (χ0n) is 8.45. The Morgan fingerprint density at radius 1 is 1.60 bits per heavy atom. The molecule has 1 fully saturated rings. The van der Waals surface area contributed by atoms with Crippen molar-refractivity contribution >= 4 is 15.9 Å². The summed E-state index contributed by atoms with van der Waals surface area (Å²) in [5.41, 5.74) is -0.0155. The molecule has 0 amide bonds. The normalized spacial score (nSPS) is 15.5. The third kappa shape index (κ3) is 3.14. The van der Waals surface area contributed by atoms with Crippen molar-refractivity contribution < 1.29 is 0 Å². The lowest BCUT2D eigenvalue weighted by Crippen LogP contribution is -2.28. The van der Waals surface area contributed by atoms with Crippen molar-refractivity contribution in [2.45, 2.75) is 19.4 Å². The minimum Gasteiger partial charge on any atom is -0.315 e. The highest BCUT2D eigenvalue weighted by molar-refractivity contribution is 9.10. The molecule has 5 heteroatoms. The first-order valence-electron chi connectivity index (χ1n) is 5.18. The van der Waals surface area contributed by atoms with Gasteiger partial charge in [0.2, 0.25) is 0 Å². The van der Waals surface area contributed by atoms with Gasteiger partial charge >= 0.3 is 0 Å². The number of halogens is 1. The number of aromatic nitrogens is 2. The number of hydrogen-bond acceptors (Lipinski definition) is 3. The first kappa shape index (κ1) is 10.8. The van der Waals surface area contributed by atoms with Crippen LogP contribution < -0.4 is 10.9 Å². The van der Waals surface area contributed by atoms with E-state index in [1.807, 2.05) is 0 Å². The molecule has 1 aromatic heterocycles. The number of hydrogen-bond donors (Lipinski definition) is 1. The van der Waals surface area contributed by atoms with E-state index in [2.05, 4.69) is 26.2 Å². The minimum absolute atomic E-state index is 0.0155. The van der Waals surface area contributed by atoms with Gasteiger partial charge in [-0.3, -0.25) is 9.36 Å². The summed E-state index contributed by atoms with van der Waals surface area (Å²) in [4.78, 5) is 15.5. The van der Waals surface area contributed by atoms with Crippen molar-refractivity contribution in [3.05, 3.63) is 27.4 Å². The SMILES string of the molecule is O=c1c(Br)cncn1CCNCC1CC1. The number of rotatable bonds is 5. The van der Waals surface area contributed by atoms with Gasteiger partial charge in [0.1, 0.15) is 4.47 Å². The second-order valence-electron chi connectivity index (χ2n) is 3.89. The predicted molar refractivity (Wildman–Crippen MR) is 61.8 cm³/mol. The van der Waals surface area contributed by atoms with E-state index in [4.69, 9.17) is 0 Å². The average Bonchev–Trinajstić information content (AvgIpc) is 3.02. The van der Waals surface area contributed by atoms with Crippen LogP contribution in [0.3, 0.4) is 0 Å². The van der Waals surface area contributed by atoms with Gasteiger partial charge in [0.25, 0.3) is 5.56 Å². The van der Waals surface area contributed by atoms with E-state index >= 15 is 0 Å². The Hall–Kier alpha value is -0.680. The van der Waals surface area contributed by atoms with Crippen molar-refractivity contribution in [1.29, 1.82) is 0 Å². The van der Waals surface area contributed by atoms with E-state index in [0.717, 1.165) is 19.0 Å². The second kappa shape index (κ2) is 4.90. The maximum atomic E-state index is 11.6. The molecule has 0 saturated heterocycles. The Morgan fingerprint density at radius 2 is 2.40 bits per heavy atom. The molecule has 0 aromatic carbocycles. The Labute approximate surface area is 96.8 Å². The Bertz CT molecular complexity index is 386. The molecule has 15 heavy (non-hydrogen) atoms. The van der Waals surface area contributed by atoms with Crippen LogP contribution in [-0.2, 0) is 6.54 Å². The lowest BCUT2D eigenvalue weighted by atomic mass is 10.4. The van der Waals surface area contributed by atoms with Gasteiger partial charge in [0.15, 0.2) is 0 Å². The van der Waals surface area contributed by atoms with Gasteiger partial charge in [-0.05, 0) is 41.2 Å².